The topological polar surface area (TPSA) is 38.9 Å². The molecule has 1 saturated carbocycles. The summed E-state index contributed by atoms with van der Waals surface area (Å²) < 4.78 is 5.77. The first kappa shape index (κ1) is 10.1. The van der Waals surface area contributed by atoms with Crippen LogP contribution in [0.4, 0.5) is 0 Å². The lowest BCUT2D eigenvalue weighted by molar-refractivity contribution is 0.321. The second-order valence-electron chi connectivity index (χ2n) is 3.94. The second kappa shape index (κ2) is 4.91. The Morgan fingerprint density at radius 2 is 1.71 bits per heavy atom. The van der Waals surface area contributed by atoms with Crippen LogP contribution in [0.1, 0.15) is 56.8 Å². The first-order chi connectivity index (χ1) is 6.86. The Hall–Kier alpha value is -0.380. The third kappa shape index (κ3) is 2.56. The minimum Gasteiger partial charge on any atom is -0.338 e. The van der Waals surface area contributed by atoms with Gasteiger partial charge >= 0.3 is 0 Å². The number of rotatable bonds is 1. The van der Waals surface area contributed by atoms with Crippen molar-refractivity contribution in [2.75, 3.05) is 0 Å². The number of nitrogens with zero attached hydrogens (tertiary/aromatic N) is 2. The van der Waals surface area contributed by atoms with Crippen molar-refractivity contribution in [2.24, 2.45) is 0 Å². The lowest BCUT2D eigenvalue weighted by Gasteiger charge is -2.15. The lowest BCUT2D eigenvalue weighted by Crippen LogP contribution is -2.02. The summed E-state index contributed by atoms with van der Waals surface area (Å²) in [5, 5.41) is 3.78. The molecule has 1 aliphatic carbocycles. The van der Waals surface area contributed by atoms with Crippen LogP contribution in [0, 0.1) is 0 Å². The van der Waals surface area contributed by atoms with E-state index in [1.807, 2.05) is 0 Å². The maximum atomic E-state index is 5.19. The number of aromatic nitrogens is 2. The molecule has 0 aromatic carbocycles. The summed E-state index contributed by atoms with van der Waals surface area (Å²) in [5.74, 6) is 1.31. The molecule has 14 heavy (non-hydrogen) atoms. The molecule has 0 aliphatic heterocycles. The van der Waals surface area contributed by atoms with Crippen LogP contribution in [0.15, 0.2) is 9.26 Å². The predicted octanol–water partition coefficient (Wildman–Crippen LogP) is 3.66. The normalized spacial score (nSPS) is 20.4. The number of hydrogen-bond acceptors (Lipinski definition) is 3. The van der Waals surface area contributed by atoms with Gasteiger partial charge in [0.25, 0.3) is 0 Å². The van der Waals surface area contributed by atoms with Crippen molar-refractivity contribution < 1.29 is 4.52 Å². The molecule has 3 nitrogen and oxygen atoms in total. The molecule has 2 rings (SSSR count). The molecule has 0 radical (unpaired) electrons. The second-order valence-corrected chi connectivity index (χ2v) is 4.65. The molecule has 0 bridgehead atoms. The van der Waals surface area contributed by atoms with E-state index in [1.165, 1.54) is 44.9 Å². The standard InChI is InChI=1S/C10H15BrN2O/c11-10-12-9(14-13-10)8-6-4-2-1-3-5-7-8/h8H,1-7H2. The Bertz CT molecular complexity index is 279. The first-order valence-corrected chi connectivity index (χ1v) is 6.14. The lowest BCUT2D eigenvalue weighted by atomic mass is 9.91. The Morgan fingerprint density at radius 3 is 2.29 bits per heavy atom. The number of hydrogen-bond donors (Lipinski definition) is 0. The van der Waals surface area contributed by atoms with Crippen molar-refractivity contribution in [3.8, 4) is 0 Å². The van der Waals surface area contributed by atoms with Crippen molar-refractivity contribution in [3.63, 3.8) is 0 Å². The molecular weight excluding hydrogens is 244 g/mol. The van der Waals surface area contributed by atoms with Gasteiger partial charge in [0.15, 0.2) is 0 Å². The molecule has 78 valence electrons. The van der Waals surface area contributed by atoms with Gasteiger partial charge in [0.05, 0.1) is 0 Å². The van der Waals surface area contributed by atoms with E-state index in [4.69, 9.17) is 4.52 Å². The van der Waals surface area contributed by atoms with Crippen molar-refractivity contribution >= 4 is 15.9 Å². The highest BCUT2D eigenvalue weighted by Crippen LogP contribution is 2.30. The van der Waals surface area contributed by atoms with Crippen molar-refractivity contribution in [1.82, 2.24) is 10.1 Å². The van der Waals surface area contributed by atoms with Gasteiger partial charge in [-0.15, -0.1) is 0 Å². The van der Waals surface area contributed by atoms with Crippen LogP contribution in [0.2, 0.25) is 0 Å². The average molecular weight is 259 g/mol. The molecule has 0 N–H and O–H groups in total. The Kier molecular flexibility index (Phi) is 3.56. The molecule has 1 fully saturated rings. The molecule has 4 heteroatoms. The van der Waals surface area contributed by atoms with Gasteiger partial charge in [0, 0.05) is 5.92 Å². The molecule has 0 saturated heterocycles. The largest absolute Gasteiger partial charge is 0.338 e. The van der Waals surface area contributed by atoms with Crippen LogP contribution in [0.5, 0.6) is 0 Å². The molecule has 0 unspecified atom stereocenters. The van der Waals surface area contributed by atoms with Crippen LogP contribution in [-0.4, -0.2) is 10.1 Å². The van der Waals surface area contributed by atoms with Gasteiger partial charge in [-0.1, -0.05) is 32.1 Å². The summed E-state index contributed by atoms with van der Waals surface area (Å²) in [6.45, 7) is 0. The fourth-order valence-corrected chi connectivity index (χ4v) is 2.33. The van der Waals surface area contributed by atoms with Gasteiger partial charge < -0.3 is 4.52 Å². The molecule has 1 aromatic heterocycles. The van der Waals surface area contributed by atoms with E-state index >= 15 is 0 Å². The summed E-state index contributed by atoms with van der Waals surface area (Å²) >= 11 is 3.22. The van der Waals surface area contributed by atoms with Crippen LogP contribution in [0.3, 0.4) is 0 Å². The van der Waals surface area contributed by atoms with Gasteiger partial charge in [-0.3, -0.25) is 0 Å². The highest BCUT2D eigenvalue weighted by molar-refractivity contribution is 9.10. The molecule has 0 atom stereocenters. The summed E-state index contributed by atoms with van der Waals surface area (Å²) in [6, 6.07) is 0. The summed E-state index contributed by atoms with van der Waals surface area (Å²) in [5.41, 5.74) is 0. The first-order valence-electron chi connectivity index (χ1n) is 5.35. The Balaban J connectivity index is 2.00. The van der Waals surface area contributed by atoms with E-state index in [0.29, 0.717) is 10.7 Å². The Morgan fingerprint density at radius 1 is 1.07 bits per heavy atom. The van der Waals surface area contributed by atoms with Gasteiger partial charge in [0.2, 0.25) is 10.6 Å². The molecule has 1 heterocycles. The van der Waals surface area contributed by atoms with E-state index in [0.717, 1.165) is 5.89 Å². The summed E-state index contributed by atoms with van der Waals surface area (Å²) in [6.07, 6.45) is 9.09. The van der Waals surface area contributed by atoms with Crippen molar-refractivity contribution in [2.45, 2.75) is 50.9 Å². The fourth-order valence-electron chi connectivity index (χ4n) is 2.09. The Labute approximate surface area is 92.4 Å². The molecule has 1 aliphatic rings. The van der Waals surface area contributed by atoms with Gasteiger partial charge in [-0.25, -0.2) is 0 Å². The van der Waals surface area contributed by atoms with E-state index in [-0.39, 0.29) is 0 Å². The third-order valence-corrected chi connectivity index (χ3v) is 3.19. The smallest absolute Gasteiger partial charge is 0.238 e. The highest BCUT2D eigenvalue weighted by atomic mass is 79.9. The van der Waals surface area contributed by atoms with Crippen LogP contribution in [0.25, 0.3) is 0 Å². The molecular formula is C10H15BrN2O. The summed E-state index contributed by atoms with van der Waals surface area (Å²) in [7, 11) is 0. The predicted molar refractivity (Wildman–Crippen MR) is 57.1 cm³/mol. The van der Waals surface area contributed by atoms with Gasteiger partial charge in [-0.05, 0) is 33.9 Å². The van der Waals surface area contributed by atoms with Crippen molar-refractivity contribution in [1.29, 1.82) is 0 Å². The quantitative estimate of drug-likeness (QED) is 0.772. The van der Waals surface area contributed by atoms with Gasteiger partial charge in [-0.2, -0.15) is 4.98 Å². The SMILES string of the molecule is Brc1noc(C2CCCCCCC2)n1. The third-order valence-electron chi connectivity index (χ3n) is 2.87. The van der Waals surface area contributed by atoms with Crippen LogP contribution < -0.4 is 0 Å². The molecule has 1 aromatic rings. The van der Waals surface area contributed by atoms with E-state index in [1.54, 1.807) is 0 Å². The zero-order valence-corrected chi connectivity index (χ0v) is 9.79. The monoisotopic (exact) mass is 258 g/mol. The van der Waals surface area contributed by atoms with E-state index in [2.05, 4.69) is 26.1 Å². The highest BCUT2D eigenvalue weighted by Gasteiger charge is 2.19. The van der Waals surface area contributed by atoms with E-state index < -0.39 is 0 Å². The molecule has 0 spiro atoms. The fraction of sp³-hybridized carbons (Fsp3) is 0.800. The maximum Gasteiger partial charge on any atom is 0.238 e. The van der Waals surface area contributed by atoms with Gasteiger partial charge in [0.1, 0.15) is 0 Å². The van der Waals surface area contributed by atoms with Crippen LogP contribution >= 0.6 is 15.9 Å². The minimum atomic E-state index is 0.495. The maximum absolute atomic E-state index is 5.19. The number of halogens is 1. The summed E-state index contributed by atoms with van der Waals surface area (Å²) in [4.78, 5) is 4.25. The zero-order valence-electron chi connectivity index (χ0n) is 8.21. The average Bonchev–Trinajstić information content (AvgIpc) is 2.51. The van der Waals surface area contributed by atoms with E-state index in [9.17, 15) is 0 Å². The molecule has 0 amide bonds. The van der Waals surface area contributed by atoms with Crippen molar-refractivity contribution in [3.05, 3.63) is 10.6 Å². The van der Waals surface area contributed by atoms with Crippen LogP contribution in [-0.2, 0) is 0 Å². The minimum absolute atomic E-state index is 0.495. The zero-order chi connectivity index (χ0) is 9.80.